The molecule has 0 aliphatic heterocycles. The Morgan fingerprint density at radius 3 is 2.67 bits per heavy atom. The molecule has 0 unspecified atom stereocenters. The Morgan fingerprint density at radius 2 is 2.07 bits per heavy atom. The quantitative estimate of drug-likeness (QED) is 0.764. The molecule has 0 heterocycles. The lowest BCUT2D eigenvalue weighted by molar-refractivity contribution is 0.112. The molecule has 1 aliphatic rings. The average molecular weight is 203 g/mol. The summed E-state index contributed by atoms with van der Waals surface area (Å²) in [5, 5.41) is 3.52. The van der Waals surface area contributed by atoms with E-state index in [1.165, 1.54) is 25.7 Å². The summed E-state index contributed by atoms with van der Waals surface area (Å²) in [6.45, 7) is 1.98. The van der Waals surface area contributed by atoms with Crippen molar-refractivity contribution in [3.63, 3.8) is 0 Å². The zero-order valence-electron chi connectivity index (χ0n) is 9.12. The molecule has 0 spiro atoms. The Labute approximate surface area is 90.7 Å². The van der Waals surface area contributed by atoms with Crippen LogP contribution in [0.3, 0.4) is 0 Å². The summed E-state index contributed by atoms with van der Waals surface area (Å²) in [4.78, 5) is 10.7. The second-order valence-corrected chi connectivity index (χ2v) is 4.31. The van der Waals surface area contributed by atoms with Crippen LogP contribution in [0.2, 0.25) is 0 Å². The second kappa shape index (κ2) is 4.47. The molecule has 80 valence electrons. The van der Waals surface area contributed by atoms with Crippen LogP contribution in [-0.4, -0.2) is 12.3 Å². The van der Waals surface area contributed by atoms with Crippen LogP contribution < -0.4 is 5.32 Å². The molecule has 1 aromatic carbocycles. The normalized spacial score (nSPS) is 16.6. The number of hydrogen-bond donors (Lipinski definition) is 1. The van der Waals surface area contributed by atoms with Gasteiger partial charge in [-0.3, -0.25) is 4.79 Å². The fourth-order valence-corrected chi connectivity index (χ4v) is 2.20. The molecule has 1 aromatic rings. The number of carbonyl (C=O) groups excluding carboxylic acids is 1. The van der Waals surface area contributed by atoms with E-state index in [0.717, 1.165) is 23.1 Å². The highest BCUT2D eigenvalue weighted by atomic mass is 16.1. The van der Waals surface area contributed by atoms with Gasteiger partial charge in [0.25, 0.3) is 0 Å². The van der Waals surface area contributed by atoms with Crippen LogP contribution in [0.4, 0.5) is 5.69 Å². The Bertz CT molecular complexity index is 354. The number of aryl methyl sites for hydroxylation is 1. The fraction of sp³-hybridized carbons (Fsp3) is 0.462. The van der Waals surface area contributed by atoms with Gasteiger partial charge in [-0.2, -0.15) is 0 Å². The van der Waals surface area contributed by atoms with Gasteiger partial charge in [-0.25, -0.2) is 0 Å². The lowest BCUT2D eigenvalue weighted by Crippen LogP contribution is -2.14. The smallest absolute Gasteiger partial charge is 0.150 e. The van der Waals surface area contributed by atoms with Gasteiger partial charge in [0.15, 0.2) is 0 Å². The minimum atomic E-state index is 0.631. The number of benzene rings is 1. The van der Waals surface area contributed by atoms with Gasteiger partial charge in [0.05, 0.1) is 0 Å². The maximum Gasteiger partial charge on any atom is 0.150 e. The van der Waals surface area contributed by atoms with E-state index in [9.17, 15) is 4.79 Å². The lowest BCUT2D eigenvalue weighted by Gasteiger charge is -2.14. The molecule has 1 saturated carbocycles. The maximum atomic E-state index is 10.7. The number of rotatable bonds is 3. The maximum absolute atomic E-state index is 10.7. The monoisotopic (exact) mass is 203 g/mol. The molecular weight excluding hydrogens is 186 g/mol. The van der Waals surface area contributed by atoms with Gasteiger partial charge < -0.3 is 5.32 Å². The van der Waals surface area contributed by atoms with E-state index in [0.29, 0.717) is 6.04 Å². The van der Waals surface area contributed by atoms with Crippen molar-refractivity contribution >= 4 is 12.0 Å². The fourth-order valence-electron chi connectivity index (χ4n) is 2.20. The molecule has 0 radical (unpaired) electrons. The predicted octanol–water partition coefficient (Wildman–Crippen LogP) is 3.16. The Hall–Kier alpha value is -1.31. The van der Waals surface area contributed by atoms with Gasteiger partial charge >= 0.3 is 0 Å². The van der Waals surface area contributed by atoms with E-state index < -0.39 is 0 Å². The third kappa shape index (κ3) is 2.38. The minimum absolute atomic E-state index is 0.631. The number of aldehydes is 1. The van der Waals surface area contributed by atoms with E-state index in [2.05, 4.69) is 11.4 Å². The zero-order valence-corrected chi connectivity index (χ0v) is 9.12. The summed E-state index contributed by atoms with van der Waals surface area (Å²) in [7, 11) is 0. The summed E-state index contributed by atoms with van der Waals surface area (Å²) in [5.74, 6) is 0. The molecule has 0 atom stereocenters. The largest absolute Gasteiger partial charge is 0.382 e. The highest BCUT2D eigenvalue weighted by Gasteiger charge is 2.14. The van der Waals surface area contributed by atoms with E-state index in [1.54, 1.807) is 0 Å². The predicted molar refractivity (Wildman–Crippen MR) is 62.4 cm³/mol. The van der Waals surface area contributed by atoms with Crippen LogP contribution in [0.1, 0.15) is 41.6 Å². The first-order valence-corrected chi connectivity index (χ1v) is 5.62. The summed E-state index contributed by atoms with van der Waals surface area (Å²) >= 11 is 0. The molecule has 15 heavy (non-hydrogen) atoms. The third-order valence-corrected chi connectivity index (χ3v) is 3.12. The Balaban J connectivity index is 2.08. The van der Waals surface area contributed by atoms with Crippen LogP contribution in [0.5, 0.6) is 0 Å². The highest BCUT2D eigenvalue weighted by Crippen LogP contribution is 2.23. The third-order valence-electron chi connectivity index (χ3n) is 3.12. The minimum Gasteiger partial charge on any atom is -0.382 e. The molecule has 0 saturated heterocycles. The first kappa shape index (κ1) is 10.2. The van der Waals surface area contributed by atoms with E-state index in [1.807, 2.05) is 19.1 Å². The molecule has 2 rings (SSSR count). The first-order chi connectivity index (χ1) is 7.29. The van der Waals surface area contributed by atoms with E-state index in [4.69, 9.17) is 0 Å². The van der Waals surface area contributed by atoms with Crippen LogP contribution in [0.15, 0.2) is 18.2 Å². The number of nitrogens with one attached hydrogen (secondary N) is 1. The SMILES string of the molecule is Cc1cc(NC2CCCC2)ccc1C=O. The standard InChI is InChI=1S/C13H17NO/c1-10-8-13(7-6-11(10)9-15)14-12-4-2-3-5-12/h6-9,12,14H,2-5H2,1H3. The molecular formula is C13H17NO. The summed E-state index contributed by atoms with van der Waals surface area (Å²) in [6.07, 6.45) is 6.13. The van der Waals surface area contributed by atoms with Gasteiger partial charge in [0.1, 0.15) is 6.29 Å². The van der Waals surface area contributed by atoms with Crippen molar-refractivity contribution in [3.8, 4) is 0 Å². The second-order valence-electron chi connectivity index (χ2n) is 4.31. The molecule has 1 fully saturated rings. The van der Waals surface area contributed by atoms with Gasteiger partial charge in [-0.1, -0.05) is 12.8 Å². The average Bonchev–Trinajstić information content (AvgIpc) is 2.71. The topological polar surface area (TPSA) is 29.1 Å². The summed E-state index contributed by atoms with van der Waals surface area (Å²) in [6, 6.07) is 6.57. The van der Waals surface area contributed by atoms with Gasteiger partial charge in [-0.15, -0.1) is 0 Å². The molecule has 0 amide bonds. The van der Waals surface area contributed by atoms with Gasteiger partial charge in [-0.05, 0) is 43.5 Å². The highest BCUT2D eigenvalue weighted by molar-refractivity contribution is 5.78. The van der Waals surface area contributed by atoms with Crippen molar-refractivity contribution in [2.24, 2.45) is 0 Å². The Kier molecular flexibility index (Phi) is 3.05. The van der Waals surface area contributed by atoms with Crippen molar-refractivity contribution in [3.05, 3.63) is 29.3 Å². The van der Waals surface area contributed by atoms with E-state index in [-0.39, 0.29) is 0 Å². The number of carbonyl (C=O) groups is 1. The van der Waals surface area contributed by atoms with Crippen LogP contribution in [-0.2, 0) is 0 Å². The van der Waals surface area contributed by atoms with Crippen molar-refractivity contribution < 1.29 is 4.79 Å². The molecule has 1 N–H and O–H groups in total. The van der Waals surface area contributed by atoms with Crippen molar-refractivity contribution in [1.29, 1.82) is 0 Å². The molecule has 2 nitrogen and oxygen atoms in total. The van der Waals surface area contributed by atoms with Crippen molar-refractivity contribution in [2.75, 3.05) is 5.32 Å². The molecule has 0 aromatic heterocycles. The molecule has 0 bridgehead atoms. The van der Waals surface area contributed by atoms with Gasteiger partial charge in [0.2, 0.25) is 0 Å². The zero-order chi connectivity index (χ0) is 10.7. The van der Waals surface area contributed by atoms with Crippen LogP contribution in [0.25, 0.3) is 0 Å². The first-order valence-electron chi connectivity index (χ1n) is 5.62. The van der Waals surface area contributed by atoms with Crippen LogP contribution in [0, 0.1) is 6.92 Å². The van der Waals surface area contributed by atoms with Crippen molar-refractivity contribution in [2.45, 2.75) is 38.6 Å². The Morgan fingerprint density at radius 1 is 1.33 bits per heavy atom. The summed E-state index contributed by atoms with van der Waals surface area (Å²) in [5.41, 5.74) is 2.98. The van der Waals surface area contributed by atoms with Gasteiger partial charge in [0, 0.05) is 17.3 Å². The van der Waals surface area contributed by atoms with Crippen molar-refractivity contribution in [1.82, 2.24) is 0 Å². The van der Waals surface area contributed by atoms with Crippen LogP contribution >= 0.6 is 0 Å². The lowest BCUT2D eigenvalue weighted by atomic mass is 10.1. The number of anilines is 1. The number of hydrogen-bond acceptors (Lipinski definition) is 2. The van der Waals surface area contributed by atoms with E-state index >= 15 is 0 Å². The molecule has 2 heteroatoms. The summed E-state index contributed by atoms with van der Waals surface area (Å²) < 4.78 is 0. The molecule has 1 aliphatic carbocycles.